The van der Waals surface area contributed by atoms with Crippen molar-refractivity contribution < 1.29 is 21.5 Å². The Balaban J connectivity index is 0.00000264. The fourth-order valence-corrected chi connectivity index (χ4v) is 2.99. The number of halogens is 2. The Morgan fingerprint density at radius 3 is 2.29 bits per heavy atom. The Kier molecular flexibility index (Phi) is 13.3. The largest absolute Gasteiger partial charge is 1.00 e. The Hall–Kier alpha value is -0.590. The predicted octanol–water partition coefficient (Wildman–Crippen LogP) is 0.517. The lowest BCUT2D eigenvalue weighted by Crippen LogP contribution is -3.00. The van der Waals surface area contributed by atoms with Gasteiger partial charge in [0.15, 0.2) is 0 Å². The molecule has 0 spiro atoms. The quantitative estimate of drug-likeness (QED) is 0.351. The number of aromatic nitrogens is 2. The molecule has 24 heavy (non-hydrogen) atoms. The Morgan fingerprint density at radius 1 is 0.958 bits per heavy atom. The van der Waals surface area contributed by atoms with Crippen LogP contribution in [0.4, 0.5) is 0 Å². The zero-order chi connectivity index (χ0) is 15.6. The lowest BCUT2D eigenvalue weighted by atomic mass is 10.1. The molecular formula is C18H32Br2N4. The first-order chi connectivity index (χ1) is 10.8. The summed E-state index contributed by atoms with van der Waals surface area (Å²) in [5.74, 6) is 0. The van der Waals surface area contributed by atoms with Gasteiger partial charge in [-0.25, -0.2) is 9.13 Å². The van der Waals surface area contributed by atoms with Crippen LogP contribution in [0, 0.1) is 0 Å². The van der Waals surface area contributed by atoms with Crippen molar-refractivity contribution in [3.05, 3.63) is 38.1 Å². The van der Waals surface area contributed by atoms with E-state index in [0.29, 0.717) is 0 Å². The molecule has 0 aromatic carbocycles. The highest BCUT2D eigenvalue weighted by Crippen LogP contribution is 2.09. The first-order valence-electron chi connectivity index (χ1n) is 8.60. The van der Waals surface area contributed by atoms with E-state index in [2.05, 4.69) is 40.0 Å². The second kappa shape index (κ2) is 13.7. The molecule has 0 radical (unpaired) electrons. The average Bonchev–Trinajstić information content (AvgIpc) is 3.18. The number of hydrogen-bond acceptors (Lipinski definition) is 2. The molecule has 138 valence electrons. The molecule has 0 atom stereocenters. The molecule has 0 amide bonds. The summed E-state index contributed by atoms with van der Waals surface area (Å²) in [4.78, 5) is 4.82. The molecule has 1 aliphatic rings. The summed E-state index contributed by atoms with van der Waals surface area (Å²) in [5, 5.41) is 0. The minimum atomic E-state index is 0. The van der Waals surface area contributed by atoms with Gasteiger partial charge in [-0.05, 0) is 32.0 Å². The third-order valence-electron chi connectivity index (χ3n) is 4.41. The number of imidazole rings is 1. The van der Waals surface area contributed by atoms with E-state index in [9.17, 15) is 0 Å². The molecule has 0 saturated carbocycles. The maximum absolute atomic E-state index is 3.83. The molecule has 1 aromatic rings. The first kappa shape index (κ1) is 23.4. The highest BCUT2D eigenvalue weighted by molar-refractivity contribution is 8.93. The summed E-state index contributed by atoms with van der Waals surface area (Å²) in [6.45, 7) is 13.4. The fraction of sp³-hybridized carbons (Fsp3) is 0.611. The van der Waals surface area contributed by atoms with Crippen molar-refractivity contribution in [1.82, 2.24) is 14.4 Å². The first-order valence-corrected chi connectivity index (χ1v) is 8.60. The normalized spacial score (nSPS) is 14.1. The number of aryl methyl sites for hydroxylation is 1. The third-order valence-corrected chi connectivity index (χ3v) is 4.41. The van der Waals surface area contributed by atoms with E-state index in [1.165, 1.54) is 51.6 Å². The highest BCUT2D eigenvalue weighted by Gasteiger charge is 2.15. The standard InChI is InChI=1S/C18H31N4.2BrH/c1-3-19-13-15-21(17-19)11-9-7-5-6-8-10-12-22-16-14-20(4-2)18-22;;/h3-4,13,15,17H,1-2,5-12,14,16,18H2;2*1H/q+1;;/p-1. The van der Waals surface area contributed by atoms with E-state index < -0.39 is 0 Å². The van der Waals surface area contributed by atoms with Gasteiger partial charge in [-0.2, -0.15) is 0 Å². The minimum absolute atomic E-state index is 0. The number of nitrogens with zero attached hydrogens (tertiary/aromatic N) is 4. The van der Waals surface area contributed by atoms with Crippen LogP contribution in [0.15, 0.2) is 38.1 Å². The summed E-state index contributed by atoms with van der Waals surface area (Å²) < 4.78 is 4.23. The van der Waals surface area contributed by atoms with Crippen molar-refractivity contribution in [2.24, 2.45) is 0 Å². The van der Waals surface area contributed by atoms with Crippen molar-refractivity contribution in [2.45, 2.75) is 45.1 Å². The van der Waals surface area contributed by atoms with Gasteiger partial charge < -0.3 is 21.9 Å². The number of hydrogen-bond donors (Lipinski definition) is 0. The zero-order valence-electron chi connectivity index (χ0n) is 14.7. The molecule has 2 rings (SSSR count). The van der Waals surface area contributed by atoms with Crippen LogP contribution in [0.5, 0.6) is 0 Å². The summed E-state index contributed by atoms with van der Waals surface area (Å²) in [6, 6.07) is 0. The van der Waals surface area contributed by atoms with Crippen LogP contribution in [-0.4, -0.2) is 40.7 Å². The fourth-order valence-electron chi connectivity index (χ4n) is 2.99. The van der Waals surface area contributed by atoms with Gasteiger partial charge in [0, 0.05) is 13.1 Å². The Labute approximate surface area is 168 Å². The van der Waals surface area contributed by atoms with Crippen molar-refractivity contribution in [2.75, 3.05) is 26.3 Å². The third kappa shape index (κ3) is 8.49. The van der Waals surface area contributed by atoms with Gasteiger partial charge in [-0.1, -0.05) is 32.4 Å². The minimum Gasteiger partial charge on any atom is -1.00 e. The monoisotopic (exact) mass is 462 g/mol. The van der Waals surface area contributed by atoms with Gasteiger partial charge in [0.2, 0.25) is 6.33 Å². The van der Waals surface area contributed by atoms with E-state index >= 15 is 0 Å². The van der Waals surface area contributed by atoms with Gasteiger partial charge in [0.1, 0.15) is 12.4 Å². The second-order valence-electron chi connectivity index (χ2n) is 6.16. The number of unbranched alkanes of at least 4 members (excludes halogenated alkanes) is 5. The molecule has 1 fully saturated rings. The van der Waals surface area contributed by atoms with E-state index in [1.54, 1.807) is 0 Å². The molecule has 4 nitrogen and oxygen atoms in total. The molecular weight excluding hydrogens is 432 g/mol. The molecule has 1 aromatic heterocycles. The van der Waals surface area contributed by atoms with E-state index in [1.807, 2.05) is 23.2 Å². The molecule has 0 bridgehead atoms. The van der Waals surface area contributed by atoms with Crippen LogP contribution >= 0.6 is 17.0 Å². The lowest BCUT2D eigenvalue weighted by Gasteiger charge is -2.15. The maximum atomic E-state index is 3.83. The van der Waals surface area contributed by atoms with Gasteiger partial charge >= 0.3 is 0 Å². The summed E-state index contributed by atoms with van der Waals surface area (Å²) in [5.41, 5.74) is 0. The maximum Gasteiger partial charge on any atom is 0.248 e. The van der Waals surface area contributed by atoms with Gasteiger partial charge in [-0.3, -0.25) is 4.90 Å². The van der Waals surface area contributed by atoms with Gasteiger partial charge in [0.05, 0.1) is 19.4 Å². The van der Waals surface area contributed by atoms with Crippen molar-refractivity contribution in [3.63, 3.8) is 0 Å². The summed E-state index contributed by atoms with van der Waals surface area (Å²) in [7, 11) is 0. The number of rotatable bonds is 11. The molecule has 0 unspecified atom stereocenters. The van der Waals surface area contributed by atoms with Crippen LogP contribution in [0.1, 0.15) is 38.5 Å². The molecule has 1 aliphatic heterocycles. The van der Waals surface area contributed by atoms with Crippen molar-refractivity contribution >= 4 is 23.2 Å². The van der Waals surface area contributed by atoms with E-state index in [0.717, 1.165) is 19.8 Å². The lowest BCUT2D eigenvalue weighted by molar-refractivity contribution is -0.696. The molecule has 0 N–H and O–H groups in total. The predicted molar refractivity (Wildman–Crippen MR) is 102 cm³/mol. The molecule has 6 heteroatoms. The van der Waals surface area contributed by atoms with Crippen LogP contribution in [0.25, 0.3) is 6.20 Å². The van der Waals surface area contributed by atoms with Crippen LogP contribution in [0.2, 0.25) is 0 Å². The van der Waals surface area contributed by atoms with Crippen molar-refractivity contribution in [1.29, 1.82) is 0 Å². The summed E-state index contributed by atoms with van der Waals surface area (Å²) in [6.07, 6.45) is 18.1. The second-order valence-corrected chi connectivity index (χ2v) is 6.16. The Morgan fingerprint density at radius 2 is 1.67 bits per heavy atom. The summed E-state index contributed by atoms with van der Waals surface area (Å²) >= 11 is 0. The van der Waals surface area contributed by atoms with Crippen molar-refractivity contribution in [3.8, 4) is 0 Å². The van der Waals surface area contributed by atoms with E-state index in [4.69, 9.17) is 0 Å². The van der Waals surface area contributed by atoms with Crippen LogP contribution in [0.3, 0.4) is 0 Å². The van der Waals surface area contributed by atoms with Crippen LogP contribution in [-0.2, 0) is 6.54 Å². The zero-order valence-corrected chi connectivity index (χ0v) is 18.0. The Bertz CT molecular complexity index is 462. The van der Waals surface area contributed by atoms with Gasteiger partial charge in [-0.15, -0.1) is 17.0 Å². The average molecular weight is 464 g/mol. The molecule has 0 aliphatic carbocycles. The molecule has 1 saturated heterocycles. The topological polar surface area (TPSA) is 15.3 Å². The SMILES string of the molecule is Br.C=CN1CCN(CCCCCCCC[n+]2ccn(C=C)c2)C1.[Br-]. The van der Waals surface area contributed by atoms with Gasteiger partial charge in [0.25, 0.3) is 0 Å². The van der Waals surface area contributed by atoms with Crippen LogP contribution < -0.4 is 21.5 Å². The highest BCUT2D eigenvalue weighted by atomic mass is 79.9. The van der Waals surface area contributed by atoms with E-state index in [-0.39, 0.29) is 34.0 Å². The smallest absolute Gasteiger partial charge is 0.248 e. The molecule has 2 heterocycles.